The van der Waals surface area contributed by atoms with Crippen molar-refractivity contribution < 1.29 is 18.7 Å². The molecule has 1 heterocycles. The molecule has 0 radical (unpaired) electrons. The Morgan fingerprint density at radius 2 is 1.69 bits per heavy atom. The molecule has 150 valence electrons. The van der Waals surface area contributed by atoms with Crippen molar-refractivity contribution in [2.75, 3.05) is 32.6 Å². The average Bonchev–Trinajstić information content (AvgIpc) is 3.19. The second-order valence-electron chi connectivity index (χ2n) is 6.64. The summed E-state index contributed by atoms with van der Waals surface area (Å²) >= 11 is 5.89. The monoisotopic (exact) mass is 412 g/mol. The zero-order chi connectivity index (χ0) is 20.8. The summed E-state index contributed by atoms with van der Waals surface area (Å²) in [7, 11) is 3.81. The smallest absolute Gasteiger partial charge is 0.338 e. The lowest BCUT2D eigenvalue weighted by Crippen LogP contribution is -2.20. The molecule has 3 aromatic rings. The van der Waals surface area contributed by atoms with E-state index in [0.29, 0.717) is 35.2 Å². The van der Waals surface area contributed by atoms with E-state index in [1.54, 1.807) is 48.5 Å². The number of benzene rings is 2. The molecule has 0 spiro atoms. The number of amides is 1. The van der Waals surface area contributed by atoms with Gasteiger partial charge in [0.05, 0.1) is 5.56 Å². The van der Waals surface area contributed by atoms with E-state index in [9.17, 15) is 9.59 Å². The van der Waals surface area contributed by atoms with Gasteiger partial charge in [-0.3, -0.25) is 4.79 Å². The molecule has 0 unspecified atom stereocenters. The highest BCUT2D eigenvalue weighted by Gasteiger charge is 2.13. The van der Waals surface area contributed by atoms with Gasteiger partial charge in [-0.1, -0.05) is 11.6 Å². The molecule has 0 saturated carbocycles. The largest absolute Gasteiger partial charge is 0.461 e. The zero-order valence-corrected chi connectivity index (χ0v) is 16.9. The van der Waals surface area contributed by atoms with Crippen LogP contribution in [-0.4, -0.2) is 44.0 Å². The second kappa shape index (κ2) is 9.41. The van der Waals surface area contributed by atoms with Crippen molar-refractivity contribution in [3.63, 3.8) is 0 Å². The molecule has 0 aliphatic heterocycles. The molecule has 2 aromatic carbocycles. The summed E-state index contributed by atoms with van der Waals surface area (Å²) in [4.78, 5) is 26.3. The Morgan fingerprint density at radius 3 is 2.34 bits per heavy atom. The second-order valence-corrected chi connectivity index (χ2v) is 7.08. The normalized spacial score (nSPS) is 10.8. The van der Waals surface area contributed by atoms with E-state index in [-0.39, 0.29) is 11.7 Å². The molecular weight excluding hydrogens is 392 g/mol. The fourth-order valence-electron chi connectivity index (χ4n) is 2.52. The van der Waals surface area contributed by atoms with E-state index >= 15 is 0 Å². The van der Waals surface area contributed by atoms with Crippen LogP contribution in [0.3, 0.4) is 0 Å². The number of likely N-dealkylation sites (N-methyl/N-ethyl adjacent to an activating group) is 1. The topological polar surface area (TPSA) is 71.8 Å². The number of ether oxygens (including phenoxy) is 1. The Labute approximate surface area is 174 Å². The van der Waals surface area contributed by atoms with Gasteiger partial charge in [-0.05, 0) is 74.8 Å². The molecule has 3 rings (SSSR count). The highest BCUT2D eigenvalue weighted by atomic mass is 35.5. The first-order valence-electron chi connectivity index (χ1n) is 9.01. The minimum atomic E-state index is -0.400. The van der Waals surface area contributed by atoms with Crippen molar-refractivity contribution >= 4 is 29.2 Å². The maximum atomic E-state index is 12.4. The molecule has 0 bridgehead atoms. The van der Waals surface area contributed by atoms with Crippen LogP contribution in [0, 0.1) is 0 Å². The number of carbonyl (C=O) groups excluding carboxylic acids is 2. The van der Waals surface area contributed by atoms with Crippen LogP contribution in [0.1, 0.15) is 20.9 Å². The number of furan rings is 1. The van der Waals surface area contributed by atoms with E-state index in [1.807, 2.05) is 31.1 Å². The van der Waals surface area contributed by atoms with Crippen LogP contribution in [0.4, 0.5) is 5.69 Å². The number of nitrogens with zero attached hydrogens (tertiary/aromatic N) is 1. The van der Waals surface area contributed by atoms with Gasteiger partial charge in [0, 0.05) is 22.8 Å². The number of carbonyl (C=O) groups is 2. The summed E-state index contributed by atoms with van der Waals surface area (Å²) in [5.41, 5.74) is 1.79. The van der Waals surface area contributed by atoms with Crippen molar-refractivity contribution in [2.24, 2.45) is 0 Å². The van der Waals surface area contributed by atoms with Gasteiger partial charge < -0.3 is 19.4 Å². The Kier molecular flexibility index (Phi) is 6.69. The molecule has 7 heteroatoms. The van der Waals surface area contributed by atoms with Gasteiger partial charge in [0.25, 0.3) is 5.91 Å². The lowest BCUT2D eigenvalue weighted by Gasteiger charge is -2.10. The maximum absolute atomic E-state index is 12.4. The summed E-state index contributed by atoms with van der Waals surface area (Å²) < 4.78 is 10.8. The Balaban J connectivity index is 1.59. The fraction of sp³-hybridized carbons (Fsp3) is 0.182. The Bertz CT molecular complexity index is 979. The molecular formula is C22H21ClN2O4. The first kappa shape index (κ1) is 20.6. The molecule has 1 N–H and O–H groups in total. The van der Waals surface area contributed by atoms with Crippen molar-refractivity contribution in [1.29, 1.82) is 0 Å². The van der Waals surface area contributed by atoms with Crippen LogP contribution in [0.2, 0.25) is 5.02 Å². The number of esters is 1. The average molecular weight is 413 g/mol. The Morgan fingerprint density at radius 1 is 1.00 bits per heavy atom. The predicted molar refractivity (Wildman–Crippen MR) is 112 cm³/mol. The number of hydrogen-bond acceptors (Lipinski definition) is 5. The molecule has 1 amide bonds. The number of nitrogens with one attached hydrogen (secondary N) is 1. The maximum Gasteiger partial charge on any atom is 0.338 e. The van der Waals surface area contributed by atoms with Crippen LogP contribution in [0.15, 0.2) is 65.1 Å². The molecule has 6 nitrogen and oxygen atoms in total. The van der Waals surface area contributed by atoms with Gasteiger partial charge >= 0.3 is 5.97 Å². The third-order valence-corrected chi connectivity index (χ3v) is 4.36. The summed E-state index contributed by atoms with van der Waals surface area (Å²) in [6.45, 7) is 0.972. The summed E-state index contributed by atoms with van der Waals surface area (Å²) in [5.74, 6) is -0.0281. The van der Waals surface area contributed by atoms with Gasteiger partial charge in [0.15, 0.2) is 5.76 Å². The van der Waals surface area contributed by atoms with E-state index in [2.05, 4.69) is 5.32 Å². The fourth-order valence-corrected chi connectivity index (χ4v) is 2.64. The molecule has 0 atom stereocenters. The van der Waals surface area contributed by atoms with Crippen LogP contribution >= 0.6 is 11.6 Å². The quantitative estimate of drug-likeness (QED) is 0.575. The van der Waals surface area contributed by atoms with Crippen LogP contribution < -0.4 is 5.32 Å². The standard InChI is InChI=1S/C22H21ClN2O4/c1-25(2)13-14-28-22(27)16-5-9-18(10-6-16)24-21(26)20-12-11-19(29-20)15-3-7-17(23)8-4-15/h3-12H,13-14H2,1-2H3,(H,24,26). The zero-order valence-electron chi connectivity index (χ0n) is 16.1. The summed E-state index contributed by atoms with van der Waals surface area (Å²) in [5, 5.41) is 3.37. The minimum Gasteiger partial charge on any atom is -0.461 e. The van der Waals surface area contributed by atoms with Gasteiger partial charge in [-0.15, -0.1) is 0 Å². The molecule has 0 aliphatic rings. The number of anilines is 1. The van der Waals surface area contributed by atoms with Gasteiger partial charge in [-0.2, -0.15) is 0 Å². The number of hydrogen-bond donors (Lipinski definition) is 1. The van der Waals surface area contributed by atoms with E-state index in [1.165, 1.54) is 0 Å². The number of halogens is 1. The minimum absolute atomic E-state index is 0.183. The van der Waals surface area contributed by atoms with Crippen LogP contribution in [0.25, 0.3) is 11.3 Å². The van der Waals surface area contributed by atoms with Gasteiger partial charge in [0.1, 0.15) is 12.4 Å². The molecule has 0 aliphatic carbocycles. The van der Waals surface area contributed by atoms with E-state index in [4.69, 9.17) is 20.8 Å². The SMILES string of the molecule is CN(C)CCOC(=O)c1ccc(NC(=O)c2ccc(-c3ccc(Cl)cc3)o2)cc1. The van der Waals surface area contributed by atoms with Crippen molar-refractivity contribution in [2.45, 2.75) is 0 Å². The highest BCUT2D eigenvalue weighted by molar-refractivity contribution is 6.30. The molecule has 0 saturated heterocycles. The lowest BCUT2D eigenvalue weighted by atomic mass is 10.2. The highest BCUT2D eigenvalue weighted by Crippen LogP contribution is 2.24. The third kappa shape index (κ3) is 5.70. The predicted octanol–water partition coefficient (Wildman–Crippen LogP) is 4.57. The lowest BCUT2D eigenvalue weighted by molar-refractivity contribution is 0.0482. The van der Waals surface area contributed by atoms with Crippen molar-refractivity contribution in [1.82, 2.24) is 4.90 Å². The first-order valence-corrected chi connectivity index (χ1v) is 9.39. The molecule has 0 fully saturated rings. The Hall–Kier alpha value is -3.09. The number of rotatable bonds is 7. The summed E-state index contributed by atoms with van der Waals surface area (Å²) in [6, 6.07) is 17.0. The van der Waals surface area contributed by atoms with Crippen molar-refractivity contribution in [3.8, 4) is 11.3 Å². The van der Waals surface area contributed by atoms with Crippen LogP contribution in [-0.2, 0) is 4.74 Å². The van der Waals surface area contributed by atoms with Crippen LogP contribution in [0.5, 0.6) is 0 Å². The third-order valence-electron chi connectivity index (χ3n) is 4.11. The molecule has 1 aromatic heterocycles. The van der Waals surface area contributed by atoms with Gasteiger partial charge in [-0.25, -0.2) is 4.79 Å². The van der Waals surface area contributed by atoms with E-state index < -0.39 is 5.97 Å². The summed E-state index contributed by atoms with van der Waals surface area (Å²) in [6.07, 6.45) is 0. The molecule has 29 heavy (non-hydrogen) atoms. The van der Waals surface area contributed by atoms with Crippen molar-refractivity contribution in [3.05, 3.63) is 77.0 Å². The van der Waals surface area contributed by atoms with Gasteiger partial charge in [0.2, 0.25) is 0 Å². The van der Waals surface area contributed by atoms with E-state index in [0.717, 1.165) is 5.56 Å². The first-order chi connectivity index (χ1) is 13.9.